The maximum atomic E-state index is 10.5. The van der Waals surface area contributed by atoms with Crippen LogP contribution in [0.4, 0.5) is 0 Å². The van der Waals surface area contributed by atoms with Crippen molar-refractivity contribution in [2.45, 2.75) is 32.1 Å². The highest BCUT2D eigenvalue weighted by molar-refractivity contribution is 5.87. The van der Waals surface area contributed by atoms with Crippen molar-refractivity contribution >= 4 is 18.4 Å². The second-order valence-electron chi connectivity index (χ2n) is 2.95. The number of unbranched alkanes of at least 4 members (excludes halogenated alkanes) is 3. The lowest BCUT2D eigenvalue weighted by Gasteiger charge is -2.04. The molecule has 13 heavy (non-hydrogen) atoms. The lowest BCUT2D eigenvalue weighted by Crippen LogP contribution is -2.14. The van der Waals surface area contributed by atoms with E-state index in [1.807, 2.05) is 0 Å². The van der Waals surface area contributed by atoms with E-state index in [9.17, 15) is 4.79 Å². The van der Waals surface area contributed by atoms with Gasteiger partial charge in [-0.15, -0.1) is 0 Å². The normalized spacial score (nSPS) is 12.0. The van der Waals surface area contributed by atoms with Gasteiger partial charge < -0.3 is 15.9 Å². The quantitative estimate of drug-likeness (QED) is 0.397. The van der Waals surface area contributed by atoms with Crippen LogP contribution in [-0.2, 0) is 4.79 Å². The molecule has 0 radical (unpaired) electrons. The van der Waals surface area contributed by atoms with Gasteiger partial charge in [0.15, 0.2) is 0 Å². The number of hydrogen-bond donors (Lipinski definition) is 3. The van der Waals surface area contributed by atoms with Crippen LogP contribution in [0.15, 0.2) is 0 Å². The Labute approximate surface area is 78.0 Å². The predicted octanol–water partition coefficient (Wildman–Crippen LogP) is 1.94. The van der Waals surface area contributed by atoms with Gasteiger partial charge in [0, 0.05) is 6.21 Å². The van der Waals surface area contributed by atoms with Gasteiger partial charge in [-0.2, -0.15) is 0 Å². The molecule has 0 aromatic rings. The van der Waals surface area contributed by atoms with Gasteiger partial charge >= 0.3 is 5.97 Å². The molecule has 0 aromatic heterocycles. The van der Waals surface area contributed by atoms with Crippen LogP contribution in [0.1, 0.15) is 32.1 Å². The van der Waals surface area contributed by atoms with E-state index < -0.39 is 11.9 Å². The minimum atomic E-state index is -0.915. The van der Waals surface area contributed by atoms with Crippen molar-refractivity contribution in [1.29, 1.82) is 10.8 Å². The molecule has 0 rings (SSSR count). The van der Waals surface area contributed by atoms with Crippen molar-refractivity contribution in [3.05, 3.63) is 0 Å². The smallest absolute Gasteiger partial charge is 0.311 e. The number of rotatable bonds is 8. The molecule has 0 bridgehead atoms. The third-order valence-corrected chi connectivity index (χ3v) is 1.88. The molecule has 0 aliphatic carbocycles. The summed E-state index contributed by atoms with van der Waals surface area (Å²) in [4.78, 5) is 10.5. The summed E-state index contributed by atoms with van der Waals surface area (Å²) in [7, 11) is 0. The summed E-state index contributed by atoms with van der Waals surface area (Å²) in [5, 5.41) is 22.2. The zero-order valence-corrected chi connectivity index (χ0v) is 7.62. The van der Waals surface area contributed by atoms with Crippen LogP contribution >= 0.6 is 0 Å². The summed E-state index contributed by atoms with van der Waals surface area (Å²) < 4.78 is 0. The second-order valence-corrected chi connectivity index (χ2v) is 2.95. The summed E-state index contributed by atoms with van der Waals surface area (Å²) in [5.74, 6) is -1.54. The first-order valence-corrected chi connectivity index (χ1v) is 4.44. The van der Waals surface area contributed by atoms with E-state index in [0.29, 0.717) is 6.42 Å². The molecule has 0 amide bonds. The van der Waals surface area contributed by atoms with Gasteiger partial charge in [0.1, 0.15) is 0 Å². The van der Waals surface area contributed by atoms with Gasteiger partial charge in [-0.3, -0.25) is 4.79 Å². The van der Waals surface area contributed by atoms with E-state index in [1.165, 1.54) is 6.21 Å². The minimum Gasteiger partial charge on any atom is -0.481 e. The van der Waals surface area contributed by atoms with Crippen molar-refractivity contribution in [2.24, 2.45) is 5.92 Å². The Morgan fingerprint density at radius 1 is 1.31 bits per heavy atom. The maximum Gasteiger partial charge on any atom is 0.311 e. The summed E-state index contributed by atoms with van der Waals surface area (Å²) in [6, 6.07) is 0. The Kier molecular flexibility index (Phi) is 6.78. The van der Waals surface area contributed by atoms with Crippen molar-refractivity contribution < 1.29 is 9.90 Å². The number of carboxylic acid groups (broad SMARTS) is 1. The molecular weight excluding hydrogens is 168 g/mol. The molecule has 0 heterocycles. The second kappa shape index (κ2) is 7.46. The zero-order valence-electron chi connectivity index (χ0n) is 7.62. The Bertz CT molecular complexity index is 180. The van der Waals surface area contributed by atoms with Crippen LogP contribution in [0, 0.1) is 16.7 Å². The Morgan fingerprint density at radius 3 is 2.46 bits per heavy atom. The summed E-state index contributed by atoms with van der Waals surface area (Å²) in [5.41, 5.74) is 0. The highest BCUT2D eigenvalue weighted by Gasteiger charge is 2.12. The molecule has 0 saturated heterocycles. The lowest BCUT2D eigenvalue weighted by molar-refractivity contribution is -0.139. The molecule has 3 N–H and O–H groups in total. The first kappa shape index (κ1) is 11.8. The molecule has 1 atom stereocenters. The van der Waals surface area contributed by atoms with Crippen LogP contribution in [0.2, 0.25) is 0 Å². The third-order valence-electron chi connectivity index (χ3n) is 1.88. The highest BCUT2D eigenvalue weighted by Crippen LogP contribution is 2.08. The fourth-order valence-corrected chi connectivity index (χ4v) is 1.07. The fourth-order valence-electron chi connectivity index (χ4n) is 1.07. The fraction of sp³-hybridized carbons (Fsp3) is 0.667. The monoisotopic (exact) mass is 184 g/mol. The minimum absolute atomic E-state index is 0.539. The standard InChI is InChI=1S/C9H16N2O2/c10-6-4-2-1-3-5-8(7-11)9(12)13/h6-8,10-11H,1-5H2,(H,12,13). The third kappa shape index (κ3) is 6.02. The van der Waals surface area contributed by atoms with E-state index in [0.717, 1.165) is 31.9 Å². The maximum absolute atomic E-state index is 10.5. The summed E-state index contributed by atoms with van der Waals surface area (Å²) >= 11 is 0. The van der Waals surface area contributed by atoms with E-state index in [1.54, 1.807) is 0 Å². The van der Waals surface area contributed by atoms with Crippen molar-refractivity contribution in [2.75, 3.05) is 0 Å². The number of carbonyl (C=O) groups is 1. The van der Waals surface area contributed by atoms with Gasteiger partial charge in [-0.1, -0.05) is 12.8 Å². The average Bonchev–Trinajstić information content (AvgIpc) is 2.10. The van der Waals surface area contributed by atoms with Gasteiger partial charge in [-0.05, 0) is 25.5 Å². The molecule has 0 aromatic carbocycles. The first-order chi connectivity index (χ1) is 6.22. The molecule has 0 aliphatic heterocycles. The molecule has 0 spiro atoms. The SMILES string of the molecule is N=CCCCCCC(C=N)C(=O)O. The predicted molar refractivity (Wildman–Crippen MR) is 51.8 cm³/mol. The Balaban J connectivity index is 3.44. The molecule has 4 heteroatoms. The molecule has 0 fully saturated rings. The van der Waals surface area contributed by atoms with Crippen LogP contribution < -0.4 is 0 Å². The topological polar surface area (TPSA) is 85.0 Å². The molecule has 0 saturated carbocycles. The molecule has 74 valence electrons. The number of nitrogens with one attached hydrogen (secondary N) is 2. The largest absolute Gasteiger partial charge is 0.481 e. The molecule has 1 unspecified atom stereocenters. The number of carboxylic acids is 1. The van der Waals surface area contributed by atoms with Gasteiger partial charge in [0.25, 0.3) is 0 Å². The van der Waals surface area contributed by atoms with Crippen LogP contribution in [0.3, 0.4) is 0 Å². The van der Waals surface area contributed by atoms with Crippen LogP contribution in [0.5, 0.6) is 0 Å². The van der Waals surface area contributed by atoms with Crippen molar-refractivity contribution in [3.8, 4) is 0 Å². The van der Waals surface area contributed by atoms with E-state index in [2.05, 4.69) is 0 Å². The van der Waals surface area contributed by atoms with Crippen LogP contribution in [-0.4, -0.2) is 23.5 Å². The highest BCUT2D eigenvalue weighted by atomic mass is 16.4. The van der Waals surface area contributed by atoms with E-state index >= 15 is 0 Å². The first-order valence-electron chi connectivity index (χ1n) is 4.44. The lowest BCUT2D eigenvalue weighted by atomic mass is 10.0. The Hall–Kier alpha value is -1.19. The van der Waals surface area contributed by atoms with Gasteiger partial charge in [0.05, 0.1) is 5.92 Å². The summed E-state index contributed by atoms with van der Waals surface area (Å²) in [6.45, 7) is 0. The summed E-state index contributed by atoms with van der Waals surface area (Å²) in [6.07, 6.45) is 6.35. The number of aliphatic carboxylic acids is 1. The van der Waals surface area contributed by atoms with Crippen molar-refractivity contribution in [3.63, 3.8) is 0 Å². The number of hydrogen-bond acceptors (Lipinski definition) is 3. The molecular formula is C9H16N2O2. The Morgan fingerprint density at radius 2 is 2.00 bits per heavy atom. The van der Waals surface area contributed by atoms with E-state index in [-0.39, 0.29) is 0 Å². The molecule has 4 nitrogen and oxygen atoms in total. The average molecular weight is 184 g/mol. The molecule has 0 aliphatic rings. The van der Waals surface area contributed by atoms with E-state index in [4.69, 9.17) is 15.9 Å². The van der Waals surface area contributed by atoms with Gasteiger partial charge in [-0.25, -0.2) is 0 Å². The van der Waals surface area contributed by atoms with Crippen LogP contribution in [0.25, 0.3) is 0 Å². The zero-order chi connectivity index (χ0) is 10.1. The van der Waals surface area contributed by atoms with Crippen molar-refractivity contribution in [1.82, 2.24) is 0 Å². The van der Waals surface area contributed by atoms with Gasteiger partial charge in [0.2, 0.25) is 0 Å².